The minimum atomic E-state index is -0.642. The monoisotopic (exact) mass is 605 g/mol. The zero-order chi connectivity index (χ0) is 32.0. The molecule has 2 atom stereocenters. The number of hydrogen-bond acceptors (Lipinski definition) is 6. The zero-order valence-corrected chi connectivity index (χ0v) is 25.3. The van der Waals surface area contributed by atoms with Crippen molar-refractivity contribution in [1.82, 2.24) is 0 Å². The second kappa shape index (κ2) is 11.6. The van der Waals surface area contributed by atoms with Crippen molar-refractivity contribution in [2.24, 2.45) is 0 Å². The fourth-order valence-electron chi connectivity index (χ4n) is 6.60. The van der Waals surface area contributed by atoms with Gasteiger partial charge in [-0.15, -0.1) is 0 Å². The lowest BCUT2D eigenvalue weighted by atomic mass is 9.98. The molecular formula is C36H35N3O6. The Morgan fingerprint density at radius 2 is 1.56 bits per heavy atom. The van der Waals surface area contributed by atoms with Crippen LogP contribution < -0.4 is 9.80 Å². The molecule has 4 aromatic carbocycles. The van der Waals surface area contributed by atoms with E-state index < -0.39 is 16.9 Å². The standard InChI is InChI=1S/C18H16N2O4.C18H17NO2.H2/c1-11-7-15(17(20(23)24)8-12(11)2)18(22)19-14(10-21)9-13-5-3-4-6-16(13)19;1-11-8-15-12(10-17(11)20)6-7-14-9-13-4-2-3-5-16(13)19(14)18(15)21;/h3-8,10,14H,9H2,1-2H3;2-5,8,10,14,20H,6-7,9H2,1H3;1H/t2*14-;/m01./s1. The van der Waals surface area contributed by atoms with Crippen LogP contribution >= 0.6 is 0 Å². The van der Waals surface area contributed by atoms with Crippen molar-refractivity contribution in [2.45, 2.75) is 58.5 Å². The number of nitro groups is 1. The minimum Gasteiger partial charge on any atom is -0.508 e. The van der Waals surface area contributed by atoms with Gasteiger partial charge in [-0.1, -0.05) is 36.4 Å². The number of phenolic OH excluding ortho intramolecular Hbond substituents is 1. The van der Waals surface area contributed by atoms with Gasteiger partial charge >= 0.3 is 0 Å². The number of nitrogens with zero attached hydrogens (tertiary/aromatic N) is 3. The van der Waals surface area contributed by atoms with E-state index in [1.54, 1.807) is 32.0 Å². The quantitative estimate of drug-likeness (QED) is 0.163. The van der Waals surface area contributed by atoms with E-state index in [0.717, 1.165) is 58.3 Å². The Kier molecular flexibility index (Phi) is 7.70. The third-order valence-electron chi connectivity index (χ3n) is 9.12. The van der Waals surface area contributed by atoms with Gasteiger partial charge in [0.2, 0.25) is 0 Å². The molecular weight excluding hydrogens is 570 g/mol. The molecule has 0 saturated heterocycles. The first-order chi connectivity index (χ1) is 21.6. The summed E-state index contributed by atoms with van der Waals surface area (Å²) in [6, 6.07) is 21.5. The van der Waals surface area contributed by atoms with Crippen LogP contribution in [-0.4, -0.2) is 40.2 Å². The largest absolute Gasteiger partial charge is 0.508 e. The number of carbonyl (C=O) groups excluding carboxylic acids is 3. The third kappa shape index (κ3) is 5.24. The molecule has 2 amide bonds. The van der Waals surface area contributed by atoms with E-state index in [4.69, 9.17) is 0 Å². The predicted octanol–water partition coefficient (Wildman–Crippen LogP) is 6.45. The van der Waals surface area contributed by atoms with Gasteiger partial charge in [-0.2, -0.15) is 0 Å². The Morgan fingerprint density at radius 1 is 0.911 bits per heavy atom. The van der Waals surface area contributed by atoms with Gasteiger partial charge in [-0.25, -0.2) is 0 Å². The number of fused-ring (bicyclic) bond motifs is 5. The number of carbonyl (C=O) groups is 3. The lowest BCUT2D eigenvalue weighted by molar-refractivity contribution is -0.385. The summed E-state index contributed by atoms with van der Waals surface area (Å²) in [7, 11) is 0. The molecule has 3 aliphatic rings. The number of hydrogen-bond donors (Lipinski definition) is 1. The molecule has 0 saturated carbocycles. The first-order valence-electron chi connectivity index (χ1n) is 14.9. The summed E-state index contributed by atoms with van der Waals surface area (Å²) in [6.45, 7) is 5.39. The van der Waals surface area contributed by atoms with E-state index in [-0.39, 0.29) is 30.4 Å². The predicted molar refractivity (Wildman–Crippen MR) is 173 cm³/mol. The number of nitro benzene ring substituents is 1. The molecule has 0 radical (unpaired) electrons. The number of rotatable bonds is 3. The average Bonchev–Trinajstić information content (AvgIpc) is 3.56. The van der Waals surface area contributed by atoms with Crippen LogP contribution in [0.1, 0.15) is 61.9 Å². The topological polar surface area (TPSA) is 121 Å². The Bertz CT molecular complexity index is 1890. The summed E-state index contributed by atoms with van der Waals surface area (Å²) in [4.78, 5) is 51.6. The summed E-state index contributed by atoms with van der Waals surface area (Å²) in [5.74, 6) is -0.170. The number of aryl methyl sites for hydroxylation is 4. The van der Waals surface area contributed by atoms with E-state index in [1.807, 2.05) is 48.2 Å². The van der Waals surface area contributed by atoms with E-state index >= 15 is 0 Å². The van der Waals surface area contributed by atoms with Gasteiger partial charge in [0.25, 0.3) is 17.5 Å². The lowest BCUT2D eigenvalue weighted by Crippen LogP contribution is -2.39. The zero-order valence-electron chi connectivity index (χ0n) is 25.3. The number of aromatic hydroxyl groups is 1. The number of aldehydes is 1. The van der Waals surface area contributed by atoms with Gasteiger partial charge in [0.15, 0.2) is 0 Å². The SMILES string of the molecule is Cc1cc(C(=O)N2c3ccccc3C[C@H]2C=O)c([N+](=O)[O-])cc1C.Cc1cc2c(cc1O)CC[C@@H]1Cc3ccccc3N1C2=O.[HH]. The second-order valence-electron chi connectivity index (χ2n) is 11.9. The fourth-order valence-corrected chi connectivity index (χ4v) is 6.60. The Labute approximate surface area is 262 Å². The van der Waals surface area contributed by atoms with Gasteiger partial charge in [0, 0.05) is 36.9 Å². The van der Waals surface area contributed by atoms with Crippen LogP contribution in [0.25, 0.3) is 0 Å². The van der Waals surface area contributed by atoms with Gasteiger partial charge in [0.05, 0.1) is 11.0 Å². The third-order valence-corrected chi connectivity index (χ3v) is 9.12. The van der Waals surface area contributed by atoms with Gasteiger partial charge in [-0.05, 0) is 104 Å². The number of anilines is 2. The van der Waals surface area contributed by atoms with E-state index in [1.165, 1.54) is 22.6 Å². The van der Waals surface area contributed by atoms with Crippen molar-refractivity contribution in [1.29, 1.82) is 0 Å². The molecule has 0 aliphatic carbocycles. The highest BCUT2D eigenvalue weighted by Gasteiger charge is 2.38. The fraction of sp³-hybridized carbons (Fsp3) is 0.250. The first-order valence-corrected chi connectivity index (χ1v) is 14.9. The molecule has 0 fully saturated rings. The maximum Gasteiger partial charge on any atom is 0.282 e. The van der Waals surface area contributed by atoms with Crippen LogP contribution in [0, 0.1) is 30.9 Å². The Morgan fingerprint density at radius 3 is 2.24 bits per heavy atom. The highest BCUT2D eigenvalue weighted by molar-refractivity contribution is 6.12. The van der Waals surface area contributed by atoms with Crippen molar-refractivity contribution in [3.63, 3.8) is 0 Å². The second-order valence-corrected chi connectivity index (χ2v) is 11.9. The number of amides is 2. The molecule has 0 bridgehead atoms. The molecule has 3 aliphatic heterocycles. The highest BCUT2D eigenvalue weighted by Crippen LogP contribution is 2.39. The van der Waals surface area contributed by atoms with Gasteiger partial charge in [0.1, 0.15) is 17.6 Å². The summed E-state index contributed by atoms with van der Waals surface area (Å²) >= 11 is 0. The summed E-state index contributed by atoms with van der Waals surface area (Å²) in [5, 5.41) is 21.3. The van der Waals surface area contributed by atoms with E-state index in [0.29, 0.717) is 18.4 Å². The summed E-state index contributed by atoms with van der Waals surface area (Å²) in [6.07, 6.45) is 3.84. The molecule has 9 nitrogen and oxygen atoms in total. The van der Waals surface area contributed by atoms with Crippen LogP contribution in [0.2, 0.25) is 0 Å². The summed E-state index contributed by atoms with van der Waals surface area (Å²) < 4.78 is 0. The molecule has 1 N–H and O–H groups in total. The van der Waals surface area contributed by atoms with E-state index in [9.17, 15) is 29.6 Å². The van der Waals surface area contributed by atoms with Crippen molar-refractivity contribution in [3.05, 3.63) is 127 Å². The first kappa shape index (κ1) is 29.7. The molecule has 0 spiro atoms. The van der Waals surface area contributed by atoms with Crippen LogP contribution in [0.4, 0.5) is 17.1 Å². The molecule has 230 valence electrons. The molecule has 3 heterocycles. The number of phenols is 1. The van der Waals surface area contributed by atoms with Crippen molar-refractivity contribution in [3.8, 4) is 5.75 Å². The van der Waals surface area contributed by atoms with Crippen LogP contribution in [0.5, 0.6) is 5.75 Å². The smallest absolute Gasteiger partial charge is 0.282 e. The van der Waals surface area contributed by atoms with Crippen molar-refractivity contribution in [2.75, 3.05) is 9.80 Å². The normalized spacial score (nSPS) is 17.7. The van der Waals surface area contributed by atoms with Crippen molar-refractivity contribution >= 4 is 35.2 Å². The van der Waals surface area contributed by atoms with Crippen LogP contribution in [0.15, 0.2) is 72.8 Å². The molecule has 7 rings (SSSR count). The van der Waals surface area contributed by atoms with Gasteiger partial charge in [-0.3, -0.25) is 24.6 Å². The molecule has 9 heteroatoms. The molecule has 45 heavy (non-hydrogen) atoms. The maximum atomic E-state index is 13.0. The minimum absolute atomic E-state index is 0. The van der Waals surface area contributed by atoms with E-state index in [2.05, 4.69) is 6.07 Å². The Balaban J connectivity index is 0.000000178. The van der Waals surface area contributed by atoms with Crippen molar-refractivity contribution < 1.29 is 25.8 Å². The Hall–Kier alpha value is -5.31. The van der Waals surface area contributed by atoms with Gasteiger partial charge < -0.3 is 14.8 Å². The average molecular weight is 606 g/mol. The molecule has 0 unspecified atom stereocenters. The highest BCUT2D eigenvalue weighted by atomic mass is 16.6. The maximum absolute atomic E-state index is 13.0. The molecule has 4 aromatic rings. The lowest BCUT2D eigenvalue weighted by Gasteiger charge is -2.23. The van der Waals surface area contributed by atoms with Crippen LogP contribution in [-0.2, 0) is 24.1 Å². The number of para-hydroxylation sites is 2. The molecule has 0 aromatic heterocycles. The number of benzene rings is 4. The summed E-state index contributed by atoms with van der Waals surface area (Å²) in [5.41, 5.74) is 7.59. The van der Waals surface area contributed by atoms with Crippen LogP contribution in [0.3, 0.4) is 0 Å².